The number of hydrogen-bond acceptors (Lipinski definition) is 5. The molecule has 2 rings (SSSR count). The average Bonchev–Trinajstić information content (AvgIpc) is 2.43. The number of nitrogens with one attached hydrogen (secondary N) is 2. The molecular weight excluding hydrogens is 214 g/mol. The first-order chi connectivity index (χ1) is 8.33. The van der Waals surface area contributed by atoms with E-state index in [0.717, 1.165) is 65.3 Å². The van der Waals surface area contributed by atoms with Gasteiger partial charge >= 0.3 is 0 Å². The molecule has 0 atom stereocenters. The first kappa shape index (κ1) is 13.2. The summed E-state index contributed by atoms with van der Waals surface area (Å²) in [6, 6.07) is 0. The quantitative estimate of drug-likeness (QED) is 0.581. The molecule has 0 aliphatic carbocycles. The molecule has 0 amide bonds. The van der Waals surface area contributed by atoms with Gasteiger partial charge in [0.2, 0.25) is 0 Å². The van der Waals surface area contributed by atoms with Gasteiger partial charge in [0.05, 0.1) is 5.66 Å². The summed E-state index contributed by atoms with van der Waals surface area (Å²) in [6.07, 6.45) is 1.11. The van der Waals surface area contributed by atoms with Crippen molar-refractivity contribution in [2.75, 3.05) is 58.9 Å². The van der Waals surface area contributed by atoms with Crippen molar-refractivity contribution in [3.8, 4) is 0 Å². The standard InChI is InChI=1S/C12H27N5/c1-2-12(11-13,16-7-3-14-4-8-16)17-9-5-15-6-10-17/h14-15H,2-11,13H2,1H3. The highest BCUT2D eigenvalue weighted by Gasteiger charge is 2.40. The molecule has 2 saturated heterocycles. The summed E-state index contributed by atoms with van der Waals surface area (Å²) >= 11 is 0. The molecule has 0 unspecified atom stereocenters. The van der Waals surface area contributed by atoms with E-state index < -0.39 is 0 Å². The van der Waals surface area contributed by atoms with Gasteiger partial charge in [-0.3, -0.25) is 9.80 Å². The van der Waals surface area contributed by atoms with Crippen molar-refractivity contribution in [1.82, 2.24) is 20.4 Å². The predicted octanol–water partition coefficient (Wildman–Crippen LogP) is -1.14. The Balaban J connectivity index is 2.10. The molecule has 0 aromatic heterocycles. The Kier molecular flexibility index (Phi) is 4.76. The molecule has 100 valence electrons. The second-order valence-electron chi connectivity index (χ2n) is 5.01. The Labute approximate surface area is 105 Å². The number of rotatable bonds is 4. The highest BCUT2D eigenvalue weighted by molar-refractivity contribution is 4.94. The summed E-state index contributed by atoms with van der Waals surface area (Å²) < 4.78 is 0. The van der Waals surface area contributed by atoms with Crippen LogP contribution in [0.1, 0.15) is 13.3 Å². The lowest BCUT2D eigenvalue weighted by molar-refractivity contribution is -0.0674. The first-order valence-electron chi connectivity index (χ1n) is 6.95. The minimum absolute atomic E-state index is 0.0875. The third-order valence-corrected chi connectivity index (χ3v) is 4.30. The van der Waals surface area contributed by atoms with E-state index in [1.54, 1.807) is 0 Å². The van der Waals surface area contributed by atoms with E-state index in [9.17, 15) is 0 Å². The summed E-state index contributed by atoms with van der Waals surface area (Å²) in [5, 5.41) is 6.85. The normalized spacial score (nSPS) is 25.1. The number of nitrogens with zero attached hydrogens (tertiary/aromatic N) is 2. The third-order valence-electron chi connectivity index (χ3n) is 4.30. The average molecular weight is 241 g/mol. The predicted molar refractivity (Wildman–Crippen MR) is 71.0 cm³/mol. The van der Waals surface area contributed by atoms with Crippen molar-refractivity contribution < 1.29 is 0 Å². The van der Waals surface area contributed by atoms with E-state index in [-0.39, 0.29) is 5.66 Å². The van der Waals surface area contributed by atoms with E-state index >= 15 is 0 Å². The maximum atomic E-state index is 6.16. The Hall–Kier alpha value is -0.200. The monoisotopic (exact) mass is 241 g/mol. The van der Waals surface area contributed by atoms with E-state index in [2.05, 4.69) is 27.4 Å². The van der Waals surface area contributed by atoms with Crippen molar-refractivity contribution in [2.45, 2.75) is 19.0 Å². The van der Waals surface area contributed by atoms with Gasteiger partial charge in [-0.1, -0.05) is 6.92 Å². The molecule has 0 aromatic carbocycles. The van der Waals surface area contributed by atoms with Crippen LogP contribution in [-0.4, -0.2) is 74.4 Å². The summed E-state index contributed by atoms with van der Waals surface area (Å²) in [5.74, 6) is 0. The minimum atomic E-state index is 0.0875. The van der Waals surface area contributed by atoms with Gasteiger partial charge in [0.1, 0.15) is 0 Å². The Morgan fingerprint density at radius 1 is 0.941 bits per heavy atom. The van der Waals surface area contributed by atoms with Crippen molar-refractivity contribution in [1.29, 1.82) is 0 Å². The van der Waals surface area contributed by atoms with Crippen LogP contribution in [0, 0.1) is 0 Å². The topological polar surface area (TPSA) is 56.6 Å². The van der Waals surface area contributed by atoms with Crippen LogP contribution >= 0.6 is 0 Å². The molecule has 0 aromatic rings. The SMILES string of the molecule is CCC(CN)(N1CCNCC1)N1CCNCC1. The molecule has 0 spiro atoms. The first-order valence-corrected chi connectivity index (χ1v) is 6.95. The van der Waals surface area contributed by atoms with Crippen LogP contribution in [-0.2, 0) is 0 Å². The van der Waals surface area contributed by atoms with Crippen molar-refractivity contribution >= 4 is 0 Å². The minimum Gasteiger partial charge on any atom is -0.328 e. The molecule has 4 N–H and O–H groups in total. The highest BCUT2D eigenvalue weighted by atomic mass is 15.4. The zero-order valence-electron chi connectivity index (χ0n) is 11.0. The van der Waals surface area contributed by atoms with E-state index in [4.69, 9.17) is 5.73 Å². The maximum absolute atomic E-state index is 6.16. The van der Waals surface area contributed by atoms with Crippen LogP contribution in [0.25, 0.3) is 0 Å². The van der Waals surface area contributed by atoms with Crippen LogP contribution in [0.15, 0.2) is 0 Å². The fraction of sp³-hybridized carbons (Fsp3) is 1.00. The van der Waals surface area contributed by atoms with Crippen LogP contribution in [0.3, 0.4) is 0 Å². The van der Waals surface area contributed by atoms with Gasteiger partial charge in [-0.15, -0.1) is 0 Å². The Morgan fingerprint density at radius 3 is 1.65 bits per heavy atom. The number of piperazine rings is 2. The van der Waals surface area contributed by atoms with E-state index in [0.29, 0.717) is 0 Å². The second kappa shape index (κ2) is 6.11. The lowest BCUT2D eigenvalue weighted by Crippen LogP contribution is -2.70. The van der Waals surface area contributed by atoms with Gasteiger partial charge in [0, 0.05) is 58.9 Å². The third kappa shape index (κ3) is 2.63. The summed E-state index contributed by atoms with van der Waals surface area (Å²) in [5.41, 5.74) is 6.24. The van der Waals surface area contributed by atoms with Gasteiger partial charge in [-0.2, -0.15) is 0 Å². The maximum Gasteiger partial charge on any atom is 0.0862 e. The fourth-order valence-corrected chi connectivity index (χ4v) is 3.21. The molecule has 17 heavy (non-hydrogen) atoms. The molecular formula is C12H27N5. The summed E-state index contributed by atoms with van der Waals surface area (Å²) in [4.78, 5) is 5.18. The molecule has 2 heterocycles. The van der Waals surface area contributed by atoms with Crippen molar-refractivity contribution in [3.63, 3.8) is 0 Å². The van der Waals surface area contributed by atoms with Crippen LogP contribution in [0.5, 0.6) is 0 Å². The largest absolute Gasteiger partial charge is 0.328 e. The molecule has 5 nitrogen and oxygen atoms in total. The van der Waals surface area contributed by atoms with Crippen LogP contribution in [0.2, 0.25) is 0 Å². The van der Waals surface area contributed by atoms with Crippen LogP contribution < -0.4 is 16.4 Å². The van der Waals surface area contributed by atoms with Gasteiger partial charge < -0.3 is 16.4 Å². The van der Waals surface area contributed by atoms with Gasteiger partial charge in [-0.25, -0.2) is 0 Å². The molecule has 0 saturated carbocycles. The number of hydrogen-bond donors (Lipinski definition) is 3. The Morgan fingerprint density at radius 2 is 1.35 bits per heavy atom. The lowest BCUT2D eigenvalue weighted by atomic mass is 10.00. The van der Waals surface area contributed by atoms with Crippen molar-refractivity contribution in [3.05, 3.63) is 0 Å². The molecule has 0 bridgehead atoms. The molecule has 2 fully saturated rings. The van der Waals surface area contributed by atoms with Crippen LogP contribution in [0.4, 0.5) is 0 Å². The summed E-state index contributed by atoms with van der Waals surface area (Å²) in [7, 11) is 0. The van der Waals surface area contributed by atoms with Gasteiger partial charge in [0.15, 0.2) is 0 Å². The van der Waals surface area contributed by atoms with E-state index in [1.165, 1.54) is 0 Å². The molecule has 5 heteroatoms. The second-order valence-corrected chi connectivity index (χ2v) is 5.01. The lowest BCUT2D eigenvalue weighted by Gasteiger charge is -2.52. The van der Waals surface area contributed by atoms with E-state index in [1.807, 2.05) is 0 Å². The molecule has 2 aliphatic heterocycles. The summed E-state index contributed by atoms with van der Waals surface area (Å²) in [6.45, 7) is 11.9. The molecule has 2 aliphatic rings. The highest BCUT2D eigenvalue weighted by Crippen LogP contribution is 2.24. The Bertz CT molecular complexity index is 197. The zero-order valence-corrected chi connectivity index (χ0v) is 11.0. The van der Waals surface area contributed by atoms with Crippen molar-refractivity contribution in [2.24, 2.45) is 5.73 Å². The van der Waals surface area contributed by atoms with Gasteiger partial charge in [-0.05, 0) is 6.42 Å². The number of nitrogens with two attached hydrogens (primary N) is 1. The van der Waals surface area contributed by atoms with Gasteiger partial charge in [0.25, 0.3) is 0 Å². The zero-order chi connectivity index (χ0) is 12.1. The fourth-order valence-electron chi connectivity index (χ4n) is 3.21. The smallest absolute Gasteiger partial charge is 0.0862 e. The molecule has 0 radical (unpaired) electrons.